The number of benzene rings is 3. The third-order valence-electron chi connectivity index (χ3n) is 4.19. The Hall–Kier alpha value is -3.21. The lowest BCUT2D eigenvalue weighted by Gasteiger charge is -2.18. The summed E-state index contributed by atoms with van der Waals surface area (Å²) in [6, 6.07) is 18.9. The fourth-order valence-electron chi connectivity index (χ4n) is 2.73. The van der Waals surface area contributed by atoms with Crippen molar-refractivity contribution >= 4 is 28.1 Å². The zero-order valence-corrected chi connectivity index (χ0v) is 15.1. The molecule has 26 heavy (non-hydrogen) atoms. The van der Waals surface area contributed by atoms with E-state index in [9.17, 15) is 4.79 Å². The van der Waals surface area contributed by atoms with Crippen LogP contribution >= 0.6 is 0 Å². The number of ether oxygens (including phenoxy) is 2. The Balaban J connectivity index is 1.71. The monoisotopic (exact) mass is 350 g/mol. The van der Waals surface area contributed by atoms with Crippen LogP contribution in [0.3, 0.4) is 0 Å². The van der Waals surface area contributed by atoms with E-state index in [2.05, 4.69) is 10.6 Å². The van der Waals surface area contributed by atoms with Gasteiger partial charge in [0.2, 0.25) is 5.91 Å². The van der Waals surface area contributed by atoms with Crippen molar-refractivity contribution in [3.8, 4) is 11.5 Å². The van der Waals surface area contributed by atoms with E-state index in [1.165, 1.54) is 0 Å². The Morgan fingerprint density at radius 1 is 0.923 bits per heavy atom. The average molecular weight is 350 g/mol. The Kier molecular flexibility index (Phi) is 5.27. The number of hydrogen-bond donors (Lipinski definition) is 2. The predicted octanol–water partition coefficient (Wildman–Crippen LogP) is 4.30. The number of methoxy groups -OCH3 is 2. The summed E-state index contributed by atoms with van der Waals surface area (Å²) in [5, 5.41) is 8.35. The maximum Gasteiger partial charge on any atom is 0.246 e. The largest absolute Gasteiger partial charge is 0.497 e. The van der Waals surface area contributed by atoms with Gasteiger partial charge in [-0.1, -0.05) is 30.3 Å². The summed E-state index contributed by atoms with van der Waals surface area (Å²) in [5.74, 6) is 1.19. The molecule has 0 bridgehead atoms. The molecule has 0 saturated heterocycles. The van der Waals surface area contributed by atoms with E-state index in [0.717, 1.165) is 22.1 Å². The van der Waals surface area contributed by atoms with Crippen molar-refractivity contribution in [3.63, 3.8) is 0 Å². The number of fused-ring (bicyclic) bond motifs is 1. The number of nitrogens with one attached hydrogen (secondary N) is 2. The molecule has 3 rings (SSSR count). The first-order chi connectivity index (χ1) is 12.6. The van der Waals surface area contributed by atoms with Crippen molar-refractivity contribution in [3.05, 3.63) is 60.7 Å². The molecule has 1 amide bonds. The van der Waals surface area contributed by atoms with Crippen LogP contribution in [0.1, 0.15) is 6.92 Å². The molecule has 0 aromatic heterocycles. The molecule has 0 saturated carbocycles. The van der Waals surface area contributed by atoms with Crippen molar-refractivity contribution in [2.24, 2.45) is 0 Å². The number of rotatable bonds is 6. The van der Waals surface area contributed by atoms with Gasteiger partial charge in [0.25, 0.3) is 0 Å². The second kappa shape index (κ2) is 7.78. The van der Waals surface area contributed by atoms with Crippen molar-refractivity contribution in [2.75, 3.05) is 24.9 Å². The summed E-state index contributed by atoms with van der Waals surface area (Å²) in [4.78, 5) is 12.5. The molecule has 0 fully saturated rings. The second-order valence-corrected chi connectivity index (χ2v) is 5.98. The van der Waals surface area contributed by atoms with Crippen molar-refractivity contribution < 1.29 is 14.3 Å². The number of amides is 1. The highest BCUT2D eigenvalue weighted by Crippen LogP contribution is 2.29. The van der Waals surface area contributed by atoms with Crippen molar-refractivity contribution in [2.45, 2.75) is 13.0 Å². The van der Waals surface area contributed by atoms with Crippen LogP contribution in [0.15, 0.2) is 60.7 Å². The van der Waals surface area contributed by atoms with E-state index >= 15 is 0 Å². The van der Waals surface area contributed by atoms with Gasteiger partial charge in [0.1, 0.15) is 17.5 Å². The van der Waals surface area contributed by atoms with Crippen LogP contribution in [0.5, 0.6) is 11.5 Å². The quantitative estimate of drug-likeness (QED) is 0.696. The van der Waals surface area contributed by atoms with Crippen LogP contribution in [-0.4, -0.2) is 26.2 Å². The highest BCUT2D eigenvalue weighted by Gasteiger charge is 2.15. The summed E-state index contributed by atoms with van der Waals surface area (Å²) in [6.07, 6.45) is 0. The normalized spacial score (nSPS) is 11.7. The van der Waals surface area contributed by atoms with E-state index in [1.54, 1.807) is 27.2 Å². The molecule has 0 heterocycles. The van der Waals surface area contributed by atoms with Crippen LogP contribution in [0.4, 0.5) is 11.4 Å². The Morgan fingerprint density at radius 3 is 2.42 bits per heavy atom. The lowest BCUT2D eigenvalue weighted by molar-refractivity contribution is -0.116. The van der Waals surface area contributed by atoms with Crippen molar-refractivity contribution in [1.82, 2.24) is 0 Å². The molecule has 0 aliphatic rings. The van der Waals surface area contributed by atoms with Gasteiger partial charge >= 0.3 is 0 Å². The third-order valence-corrected chi connectivity index (χ3v) is 4.19. The predicted molar refractivity (Wildman–Crippen MR) is 105 cm³/mol. The molecule has 0 spiro atoms. The zero-order valence-electron chi connectivity index (χ0n) is 15.1. The molecule has 2 N–H and O–H groups in total. The number of hydrogen-bond acceptors (Lipinski definition) is 4. The fourth-order valence-corrected chi connectivity index (χ4v) is 2.73. The average Bonchev–Trinajstić information content (AvgIpc) is 2.68. The Labute approximate surface area is 152 Å². The SMILES string of the molecule is COc1ccc(N[C@H](C)C(=O)Nc2ccc3ccccc3c2)c(OC)c1. The minimum atomic E-state index is -0.441. The minimum absolute atomic E-state index is 0.127. The van der Waals surface area contributed by atoms with Crippen LogP contribution in [-0.2, 0) is 4.79 Å². The lowest BCUT2D eigenvalue weighted by Crippen LogP contribution is -2.32. The first-order valence-electron chi connectivity index (χ1n) is 8.39. The third kappa shape index (κ3) is 3.88. The summed E-state index contributed by atoms with van der Waals surface area (Å²) < 4.78 is 10.6. The summed E-state index contributed by atoms with van der Waals surface area (Å²) in [6.45, 7) is 1.81. The van der Waals surface area contributed by atoms with Crippen LogP contribution in [0, 0.1) is 0 Å². The molecule has 134 valence electrons. The van der Waals surface area contributed by atoms with Gasteiger partial charge in [-0.25, -0.2) is 0 Å². The zero-order chi connectivity index (χ0) is 18.5. The summed E-state index contributed by atoms with van der Waals surface area (Å²) in [7, 11) is 3.18. The maximum atomic E-state index is 12.5. The van der Waals surface area contributed by atoms with E-state index in [4.69, 9.17) is 9.47 Å². The van der Waals surface area contributed by atoms with Gasteiger partial charge in [-0.05, 0) is 42.0 Å². The molecule has 1 atom stereocenters. The van der Waals surface area contributed by atoms with Gasteiger partial charge in [-0.3, -0.25) is 4.79 Å². The second-order valence-electron chi connectivity index (χ2n) is 5.98. The van der Waals surface area contributed by atoms with Gasteiger partial charge in [0.15, 0.2) is 0 Å². The van der Waals surface area contributed by atoms with Crippen LogP contribution in [0.2, 0.25) is 0 Å². The number of anilines is 2. The Morgan fingerprint density at radius 2 is 1.69 bits per heavy atom. The summed E-state index contributed by atoms with van der Waals surface area (Å²) >= 11 is 0. The maximum absolute atomic E-state index is 12.5. The standard InChI is InChI=1S/C21H22N2O3/c1-14(22-19-11-10-18(25-2)13-20(19)26-3)21(24)23-17-9-8-15-6-4-5-7-16(15)12-17/h4-14,22H,1-3H3,(H,23,24)/t14-/m1/s1. The molecule has 5 nitrogen and oxygen atoms in total. The van der Waals surface area contributed by atoms with E-state index < -0.39 is 6.04 Å². The highest BCUT2D eigenvalue weighted by molar-refractivity contribution is 5.98. The van der Waals surface area contributed by atoms with Crippen LogP contribution in [0.25, 0.3) is 10.8 Å². The topological polar surface area (TPSA) is 59.6 Å². The number of carbonyl (C=O) groups excluding carboxylic acids is 1. The van der Waals surface area contributed by atoms with Gasteiger partial charge < -0.3 is 20.1 Å². The molecular formula is C21H22N2O3. The first kappa shape index (κ1) is 17.6. The molecule has 0 radical (unpaired) electrons. The molecular weight excluding hydrogens is 328 g/mol. The molecule has 0 aliphatic heterocycles. The van der Waals surface area contributed by atoms with E-state index in [-0.39, 0.29) is 5.91 Å². The smallest absolute Gasteiger partial charge is 0.246 e. The van der Waals surface area contributed by atoms with Gasteiger partial charge in [-0.15, -0.1) is 0 Å². The summed E-state index contributed by atoms with van der Waals surface area (Å²) in [5.41, 5.74) is 1.50. The van der Waals surface area contributed by atoms with E-state index in [0.29, 0.717) is 11.5 Å². The van der Waals surface area contributed by atoms with Crippen LogP contribution < -0.4 is 20.1 Å². The number of carbonyl (C=O) groups is 1. The first-order valence-corrected chi connectivity index (χ1v) is 8.39. The van der Waals surface area contributed by atoms with Gasteiger partial charge in [0, 0.05) is 11.8 Å². The Bertz CT molecular complexity index is 924. The molecule has 5 heteroatoms. The molecule has 0 aliphatic carbocycles. The van der Waals surface area contributed by atoms with E-state index in [1.807, 2.05) is 54.6 Å². The minimum Gasteiger partial charge on any atom is -0.497 e. The molecule has 0 unspecified atom stereocenters. The fraction of sp³-hybridized carbons (Fsp3) is 0.190. The molecule has 3 aromatic rings. The van der Waals surface area contributed by atoms with Gasteiger partial charge in [-0.2, -0.15) is 0 Å². The van der Waals surface area contributed by atoms with Crippen molar-refractivity contribution in [1.29, 1.82) is 0 Å². The molecule has 3 aromatic carbocycles. The highest BCUT2D eigenvalue weighted by atomic mass is 16.5. The lowest BCUT2D eigenvalue weighted by atomic mass is 10.1. The van der Waals surface area contributed by atoms with Gasteiger partial charge in [0.05, 0.1) is 19.9 Å².